The highest BCUT2D eigenvalue weighted by Gasteiger charge is 2.55. The smallest absolute Gasteiger partial charge is 0.300 e. The number of aliphatic hydroxyl groups is 1. The molecule has 0 aromatic heterocycles. The average molecular weight is 438 g/mol. The summed E-state index contributed by atoms with van der Waals surface area (Å²) in [5, 5.41) is 24.0. The van der Waals surface area contributed by atoms with Crippen LogP contribution in [-0.4, -0.2) is 25.3 Å². The van der Waals surface area contributed by atoms with E-state index >= 15 is 0 Å². The van der Waals surface area contributed by atoms with Crippen molar-refractivity contribution in [2.45, 2.75) is 11.5 Å². The maximum Gasteiger partial charge on any atom is 0.300 e. The average Bonchev–Trinajstić information content (AvgIpc) is 2.82. The number of halogens is 1. The van der Waals surface area contributed by atoms with Gasteiger partial charge in [-0.05, 0) is 53.1 Å². The molecule has 9 heteroatoms. The summed E-state index contributed by atoms with van der Waals surface area (Å²) in [4.78, 5) is 2.97. The molecule has 0 aliphatic heterocycles. The van der Waals surface area contributed by atoms with Gasteiger partial charge in [-0.3, -0.25) is 0 Å². The topological polar surface area (TPSA) is 112 Å². The summed E-state index contributed by atoms with van der Waals surface area (Å²) in [5.41, 5.74) is 9.71. The van der Waals surface area contributed by atoms with Crippen molar-refractivity contribution in [3.63, 3.8) is 0 Å². The predicted octanol–water partition coefficient (Wildman–Crippen LogP) is 6.25. The van der Waals surface area contributed by atoms with Gasteiger partial charge in [0.1, 0.15) is 0 Å². The number of ether oxygens (including phenoxy) is 2. The first-order valence-corrected chi connectivity index (χ1v) is 9.59. The van der Waals surface area contributed by atoms with Gasteiger partial charge in [0.15, 0.2) is 5.54 Å². The van der Waals surface area contributed by atoms with Crippen LogP contribution in [0.15, 0.2) is 94.2 Å². The predicted molar refractivity (Wildman–Crippen MR) is 117 cm³/mol. The van der Waals surface area contributed by atoms with Crippen molar-refractivity contribution in [2.24, 2.45) is 15.3 Å². The van der Waals surface area contributed by atoms with Gasteiger partial charge in [0.2, 0.25) is 0 Å². The molecule has 3 aromatic rings. The van der Waals surface area contributed by atoms with Gasteiger partial charge in [0.05, 0.1) is 11.4 Å². The molecule has 0 heterocycles. The monoisotopic (exact) mass is 437 g/mol. The second kappa shape index (κ2) is 9.70. The second-order valence-electron chi connectivity index (χ2n) is 6.48. The summed E-state index contributed by atoms with van der Waals surface area (Å²) in [6, 6.07) is 22.5. The normalized spacial score (nSPS) is 13.5. The lowest BCUT2D eigenvalue weighted by molar-refractivity contribution is -0.368. The number of azo groups is 1. The molecule has 0 aliphatic rings. The van der Waals surface area contributed by atoms with Crippen LogP contribution in [0, 0.1) is 0 Å². The van der Waals surface area contributed by atoms with Crippen LogP contribution in [0.2, 0.25) is 5.02 Å². The number of methoxy groups -OCH3 is 2. The van der Waals surface area contributed by atoms with E-state index in [4.69, 9.17) is 21.1 Å². The van der Waals surface area contributed by atoms with Gasteiger partial charge in [-0.25, -0.2) is 0 Å². The fourth-order valence-corrected chi connectivity index (χ4v) is 3.35. The molecule has 0 amide bonds. The van der Waals surface area contributed by atoms with Crippen LogP contribution in [0.3, 0.4) is 0 Å². The van der Waals surface area contributed by atoms with E-state index in [-0.39, 0.29) is 0 Å². The Hall–Kier alpha value is -3.26. The lowest BCUT2D eigenvalue weighted by Crippen LogP contribution is -2.54. The van der Waals surface area contributed by atoms with E-state index in [2.05, 4.69) is 20.3 Å². The number of hydrogen-bond acceptors (Lipinski definition) is 6. The van der Waals surface area contributed by atoms with Gasteiger partial charge in [0, 0.05) is 24.2 Å². The Balaban J connectivity index is 2.12. The van der Waals surface area contributed by atoms with E-state index in [0.29, 0.717) is 27.5 Å². The van der Waals surface area contributed by atoms with E-state index in [0.717, 1.165) is 0 Å². The van der Waals surface area contributed by atoms with Crippen molar-refractivity contribution in [3.8, 4) is 0 Å². The van der Waals surface area contributed by atoms with E-state index in [1.165, 1.54) is 14.2 Å². The molecule has 0 spiro atoms. The van der Waals surface area contributed by atoms with Gasteiger partial charge in [0.25, 0.3) is 5.97 Å². The molecule has 1 unspecified atom stereocenters. The summed E-state index contributed by atoms with van der Waals surface area (Å²) in [5.74, 6) is -2.31. The van der Waals surface area contributed by atoms with E-state index in [1.54, 1.807) is 48.5 Å². The highest BCUT2D eigenvalue weighted by atomic mass is 35.5. The highest BCUT2D eigenvalue weighted by molar-refractivity contribution is 6.30. The van der Waals surface area contributed by atoms with Crippen molar-refractivity contribution < 1.29 is 14.6 Å². The van der Waals surface area contributed by atoms with Crippen molar-refractivity contribution >= 4 is 23.0 Å². The number of hydrogen-bond donors (Lipinski definition) is 1. The zero-order chi connectivity index (χ0) is 22.3. The molecule has 0 bridgehead atoms. The second-order valence-corrected chi connectivity index (χ2v) is 6.92. The third kappa shape index (κ3) is 4.44. The van der Waals surface area contributed by atoms with Crippen molar-refractivity contribution in [3.05, 3.63) is 105 Å². The Bertz CT molecular complexity index is 1080. The molecule has 0 radical (unpaired) electrons. The van der Waals surface area contributed by atoms with E-state index < -0.39 is 11.5 Å². The van der Waals surface area contributed by atoms with Crippen molar-refractivity contribution in [2.75, 3.05) is 14.2 Å². The number of nitrogens with zero attached hydrogens (tertiary/aromatic N) is 5. The third-order valence-electron chi connectivity index (χ3n) is 4.79. The lowest BCUT2D eigenvalue weighted by atomic mass is 9.81. The molecule has 8 nitrogen and oxygen atoms in total. The number of rotatable bonds is 8. The molecule has 3 aromatic carbocycles. The Kier molecular flexibility index (Phi) is 7.02. The van der Waals surface area contributed by atoms with Gasteiger partial charge in [-0.2, -0.15) is 10.2 Å². The molecule has 1 N–H and O–H groups in total. The molecule has 1 atom stereocenters. The zero-order valence-corrected chi connectivity index (χ0v) is 17.6. The van der Waals surface area contributed by atoms with Crippen molar-refractivity contribution in [1.29, 1.82) is 0 Å². The molecule has 0 saturated heterocycles. The Morgan fingerprint density at radius 1 is 0.806 bits per heavy atom. The van der Waals surface area contributed by atoms with Gasteiger partial charge in [-0.15, -0.1) is 0 Å². The minimum absolute atomic E-state index is 0.414. The quantitative estimate of drug-likeness (QED) is 0.194. The largest absolute Gasteiger partial charge is 0.342 e. The Labute approximate surface area is 184 Å². The molecule has 31 heavy (non-hydrogen) atoms. The highest BCUT2D eigenvalue weighted by Crippen LogP contribution is 2.45. The number of azide groups is 1. The van der Waals surface area contributed by atoms with Crippen LogP contribution in [-0.2, 0) is 15.0 Å². The first kappa shape index (κ1) is 22.4. The fourth-order valence-electron chi connectivity index (χ4n) is 3.23. The van der Waals surface area contributed by atoms with E-state index in [1.807, 2.05) is 30.3 Å². The van der Waals surface area contributed by atoms with Gasteiger partial charge in [-0.1, -0.05) is 59.2 Å². The first-order chi connectivity index (χ1) is 15.0. The summed E-state index contributed by atoms with van der Waals surface area (Å²) in [7, 11) is 2.51. The summed E-state index contributed by atoms with van der Waals surface area (Å²) in [6.45, 7) is 0. The Morgan fingerprint density at radius 3 is 1.77 bits per heavy atom. The summed E-state index contributed by atoms with van der Waals surface area (Å²) >= 11 is 6.02. The van der Waals surface area contributed by atoms with Gasteiger partial charge < -0.3 is 14.6 Å². The van der Waals surface area contributed by atoms with Crippen LogP contribution in [0.4, 0.5) is 11.4 Å². The fraction of sp³-hybridized carbons (Fsp3) is 0.182. The SMILES string of the molecule is COC(O)(OC)C(N=[N+]=[N-])(c1ccc(Cl)cc1)c1ccc(/N=N/c2ccccc2)cc1. The standard InChI is InChI=1S/C22H20ClN5O3/c1-30-22(29,31-2)21(27-28-24,16-8-12-18(23)13-9-16)17-10-14-20(15-11-17)26-25-19-6-4-3-5-7-19/h3-15,29H,1-2H3/b26-25+. The van der Waals surface area contributed by atoms with Crippen molar-refractivity contribution in [1.82, 2.24) is 0 Å². The molecule has 0 saturated carbocycles. The summed E-state index contributed by atoms with van der Waals surface area (Å²) < 4.78 is 10.5. The molecule has 0 aliphatic carbocycles. The zero-order valence-electron chi connectivity index (χ0n) is 16.9. The van der Waals surface area contributed by atoms with E-state index in [9.17, 15) is 10.6 Å². The van der Waals surface area contributed by atoms with Crippen LogP contribution in [0.1, 0.15) is 11.1 Å². The molecule has 158 valence electrons. The molecule has 0 fully saturated rings. The minimum Gasteiger partial charge on any atom is -0.342 e. The first-order valence-electron chi connectivity index (χ1n) is 9.21. The third-order valence-corrected chi connectivity index (χ3v) is 5.04. The van der Waals surface area contributed by atoms with Crippen LogP contribution < -0.4 is 0 Å². The molecular formula is C22H20ClN5O3. The van der Waals surface area contributed by atoms with Crippen LogP contribution in [0.5, 0.6) is 0 Å². The maximum atomic E-state index is 11.2. The van der Waals surface area contributed by atoms with Crippen LogP contribution in [0.25, 0.3) is 10.4 Å². The number of benzene rings is 3. The Morgan fingerprint density at radius 2 is 1.29 bits per heavy atom. The molecular weight excluding hydrogens is 418 g/mol. The summed E-state index contributed by atoms with van der Waals surface area (Å²) in [6.07, 6.45) is 0. The van der Waals surface area contributed by atoms with Gasteiger partial charge >= 0.3 is 0 Å². The molecule has 3 rings (SSSR count). The lowest BCUT2D eigenvalue weighted by Gasteiger charge is -2.41. The maximum absolute atomic E-state index is 11.2. The van der Waals surface area contributed by atoms with Crippen LogP contribution >= 0.6 is 11.6 Å². The minimum atomic E-state index is -2.31.